The molecule has 2 aromatic heterocycles. The average Bonchev–Trinajstić information content (AvgIpc) is 4.07. The van der Waals surface area contributed by atoms with Crippen LogP contribution in [0.3, 0.4) is 0 Å². The Bertz CT molecular complexity index is 2050. The molecule has 4 aromatic rings. The molecule has 3 fully saturated rings. The van der Waals surface area contributed by atoms with Gasteiger partial charge in [-0.1, -0.05) is 37.1 Å². The number of piperidine rings is 1. The fourth-order valence-corrected chi connectivity index (χ4v) is 8.15. The molecule has 4 aliphatic rings. The van der Waals surface area contributed by atoms with Crippen LogP contribution in [0.15, 0.2) is 30.3 Å². The molecule has 2 saturated carbocycles. The van der Waals surface area contributed by atoms with Gasteiger partial charge in [0.2, 0.25) is 0 Å². The number of ether oxygens (including phenoxy) is 2. The summed E-state index contributed by atoms with van der Waals surface area (Å²) < 4.78 is 80.9. The van der Waals surface area contributed by atoms with Gasteiger partial charge in [0.25, 0.3) is 0 Å². The SMILES string of the molecule is C#Cc1c(F)ccc2cccc(-c3nc4c5c(nc(OCC6(CN7CCC(OC(F)(F)F)CC7)CC6)nc5c3F)N[C@@H]([C@H](CC)NC3CC3)CCC4)c12. The van der Waals surface area contributed by atoms with E-state index < -0.39 is 24.1 Å². The lowest BCUT2D eigenvalue weighted by atomic mass is 9.94. The van der Waals surface area contributed by atoms with Crippen molar-refractivity contribution in [2.24, 2.45) is 5.41 Å². The van der Waals surface area contributed by atoms with Crippen LogP contribution in [0.5, 0.6) is 6.01 Å². The molecule has 13 heteroatoms. The number of likely N-dealkylation sites (tertiary alicyclic amines) is 1. The zero-order valence-corrected chi connectivity index (χ0v) is 29.7. The Balaban J connectivity index is 1.14. The summed E-state index contributed by atoms with van der Waals surface area (Å²) in [5, 5.41) is 8.99. The average molecular weight is 735 g/mol. The second kappa shape index (κ2) is 14.3. The van der Waals surface area contributed by atoms with Crippen molar-refractivity contribution in [2.75, 3.05) is 31.6 Å². The number of rotatable bonds is 11. The summed E-state index contributed by atoms with van der Waals surface area (Å²) in [6, 6.07) is 8.96. The Morgan fingerprint density at radius 3 is 2.53 bits per heavy atom. The second-order valence-electron chi connectivity index (χ2n) is 15.2. The number of nitrogens with one attached hydrogen (secondary N) is 2. The molecule has 280 valence electrons. The summed E-state index contributed by atoms with van der Waals surface area (Å²) in [7, 11) is 0. The third-order valence-electron chi connectivity index (χ3n) is 11.3. The minimum atomic E-state index is -4.63. The first-order valence-electron chi connectivity index (χ1n) is 18.7. The first kappa shape index (κ1) is 35.9. The highest BCUT2D eigenvalue weighted by atomic mass is 19.4. The summed E-state index contributed by atoms with van der Waals surface area (Å²) in [5.41, 5.74) is 0.950. The molecule has 2 atom stereocenters. The predicted octanol–water partition coefficient (Wildman–Crippen LogP) is 7.91. The smallest absolute Gasteiger partial charge is 0.463 e. The van der Waals surface area contributed by atoms with Gasteiger partial charge in [-0.05, 0) is 75.7 Å². The molecular formula is C40H43F5N6O2. The zero-order valence-electron chi connectivity index (χ0n) is 29.7. The highest BCUT2D eigenvalue weighted by Crippen LogP contribution is 2.47. The topological polar surface area (TPSA) is 84.4 Å². The van der Waals surface area contributed by atoms with E-state index in [1.807, 2.05) is 0 Å². The first-order valence-corrected chi connectivity index (χ1v) is 18.7. The molecular weight excluding hydrogens is 691 g/mol. The van der Waals surface area contributed by atoms with Gasteiger partial charge >= 0.3 is 12.4 Å². The van der Waals surface area contributed by atoms with Crippen LogP contribution in [0.2, 0.25) is 0 Å². The number of benzene rings is 2. The highest BCUT2D eigenvalue weighted by molar-refractivity contribution is 6.02. The van der Waals surface area contributed by atoms with Crippen molar-refractivity contribution < 1.29 is 31.4 Å². The molecule has 0 radical (unpaired) electrons. The van der Waals surface area contributed by atoms with Crippen molar-refractivity contribution in [2.45, 2.75) is 102 Å². The second-order valence-corrected chi connectivity index (χ2v) is 15.2. The zero-order chi connectivity index (χ0) is 36.9. The highest BCUT2D eigenvalue weighted by Gasteiger charge is 2.46. The van der Waals surface area contributed by atoms with Gasteiger partial charge in [-0.15, -0.1) is 19.6 Å². The van der Waals surface area contributed by atoms with Crippen LogP contribution in [0.25, 0.3) is 32.9 Å². The number of aromatic nitrogens is 3. The lowest BCUT2D eigenvalue weighted by Crippen LogP contribution is -2.45. The molecule has 2 aromatic carbocycles. The van der Waals surface area contributed by atoms with Gasteiger partial charge in [0.1, 0.15) is 22.8 Å². The van der Waals surface area contributed by atoms with Crippen molar-refractivity contribution in [3.8, 4) is 29.6 Å². The van der Waals surface area contributed by atoms with E-state index >= 15 is 4.39 Å². The van der Waals surface area contributed by atoms with E-state index in [1.165, 1.54) is 6.07 Å². The molecule has 0 bridgehead atoms. The molecule has 8 nitrogen and oxygen atoms in total. The van der Waals surface area contributed by atoms with Crippen LogP contribution < -0.4 is 15.4 Å². The van der Waals surface area contributed by atoms with Gasteiger partial charge in [0, 0.05) is 54.1 Å². The largest absolute Gasteiger partial charge is 0.522 e. The number of anilines is 1. The van der Waals surface area contributed by atoms with E-state index in [4.69, 9.17) is 26.1 Å². The van der Waals surface area contributed by atoms with Gasteiger partial charge in [0.15, 0.2) is 5.82 Å². The molecule has 2 N–H and O–H groups in total. The Morgan fingerprint density at radius 1 is 1.04 bits per heavy atom. The van der Waals surface area contributed by atoms with Gasteiger partial charge in [-0.2, -0.15) is 9.97 Å². The Hall–Kier alpha value is -4.12. The summed E-state index contributed by atoms with van der Waals surface area (Å²) >= 11 is 0. The number of halogens is 5. The fourth-order valence-electron chi connectivity index (χ4n) is 8.15. The van der Waals surface area contributed by atoms with Crippen LogP contribution in [0, 0.1) is 29.4 Å². The Morgan fingerprint density at radius 2 is 1.83 bits per heavy atom. The van der Waals surface area contributed by atoms with E-state index in [0.717, 1.165) is 44.9 Å². The van der Waals surface area contributed by atoms with Gasteiger partial charge < -0.3 is 20.3 Å². The van der Waals surface area contributed by atoms with E-state index in [1.54, 1.807) is 24.3 Å². The molecule has 1 saturated heterocycles. The standard InChI is InChI=1S/C40H43F5N6O2/c1-3-26-28(41)14-11-23-7-5-8-27(32(23)26)35-34(42)36-33-31(47-35)10-6-9-30(29(4-2)46-24-12-13-24)48-37(33)50-38(49-36)52-22-39(17-18-39)21-51-19-15-25(16-20-51)53-40(43,44)45/h1,5,7-8,11,14,24-25,29-30,46H,4,6,9-10,12-13,15-22H2,2H3,(H,48,49,50)/t29-,30+/m0/s1. The van der Waals surface area contributed by atoms with Crippen LogP contribution in [0.4, 0.5) is 27.8 Å². The molecule has 2 aliphatic carbocycles. The summed E-state index contributed by atoms with van der Waals surface area (Å²) in [4.78, 5) is 16.6. The molecule has 0 unspecified atom stereocenters. The normalized spacial score (nSPS) is 21.1. The van der Waals surface area contributed by atoms with Gasteiger partial charge in [-0.3, -0.25) is 4.74 Å². The van der Waals surface area contributed by atoms with Crippen LogP contribution in [-0.2, 0) is 11.2 Å². The Labute approximate surface area is 305 Å². The minimum absolute atomic E-state index is 0.0284. The maximum atomic E-state index is 17.1. The fraction of sp³-hybridized carbons (Fsp3) is 0.525. The van der Waals surface area contributed by atoms with Gasteiger partial charge in [0.05, 0.1) is 29.4 Å². The van der Waals surface area contributed by atoms with Crippen LogP contribution >= 0.6 is 0 Å². The number of alkyl halides is 3. The number of aryl methyl sites for hydroxylation is 1. The summed E-state index contributed by atoms with van der Waals surface area (Å²) in [6.07, 6.45) is 8.10. The number of fused-ring (bicyclic) bond motifs is 1. The van der Waals surface area contributed by atoms with Crippen molar-refractivity contribution in [3.05, 3.63) is 53.2 Å². The molecule has 8 rings (SSSR count). The number of nitrogens with zero attached hydrogens (tertiary/aromatic N) is 4. The van der Waals surface area contributed by atoms with E-state index in [0.29, 0.717) is 78.2 Å². The van der Waals surface area contributed by atoms with E-state index in [2.05, 4.69) is 33.1 Å². The molecule has 0 amide bonds. The minimum Gasteiger partial charge on any atom is -0.463 e. The lowest BCUT2D eigenvalue weighted by Gasteiger charge is -2.34. The summed E-state index contributed by atoms with van der Waals surface area (Å²) in [5.74, 6) is 1.67. The predicted molar refractivity (Wildman–Crippen MR) is 192 cm³/mol. The number of terminal acetylenes is 1. The Kier molecular flexibility index (Phi) is 9.66. The maximum absolute atomic E-state index is 17.1. The lowest BCUT2D eigenvalue weighted by molar-refractivity contribution is -0.345. The summed E-state index contributed by atoms with van der Waals surface area (Å²) in [6.45, 7) is 4.10. The van der Waals surface area contributed by atoms with Crippen molar-refractivity contribution in [1.29, 1.82) is 0 Å². The van der Waals surface area contributed by atoms with E-state index in [-0.39, 0.29) is 46.9 Å². The first-order chi connectivity index (χ1) is 25.5. The number of hydrogen-bond donors (Lipinski definition) is 2. The molecule has 2 aliphatic heterocycles. The maximum Gasteiger partial charge on any atom is 0.522 e. The van der Waals surface area contributed by atoms with E-state index in [9.17, 15) is 17.6 Å². The third kappa shape index (κ3) is 7.64. The monoisotopic (exact) mass is 734 g/mol. The third-order valence-corrected chi connectivity index (χ3v) is 11.3. The van der Waals surface area contributed by atoms with Crippen molar-refractivity contribution >= 4 is 27.5 Å². The van der Waals surface area contributed by atoms with Crippen molar-refractivity contribution in [1.82, 2.24) is 25.2 Å². The molecule has 0 spiro atoms. The quantitative estimate of drug-likeness (QED) is 0.119. The number of pyridine rings is 1. The molecule has 53 heavy (non-hydrogen) atoms. The van der Waals surface area contributed by atoms with Crippen LogP contribution in [0.1, 0.15) is 76.0 Å². The molecule has 4 heterocycles. The number of hydrogen-bond acceptors (Lipinski definition) is 8. The van der Waals surface area contributed by atoms with Gasteiger partial charge in [-0.25, -0.2) is 13.8 Å². The van der Waals surface area contributed by atoms with Crippen molar-refractivity contribution in [3.63, 3.8) is 0 Å². The van der Waals surface area contributed by atoms with Crippen LogP contribution in [-0.4, -0.2) is 76.7 Å².